The Labute approximate surface area is 122 Å². The number of amides is 1. The number of nitrogens with one attached hydrogen (secondary N) is 1. The SMILES string of the molecule is NCC#Cc1ccc(C(=O)NC2CC3CCC2O3)cc1F. The Hall–Kier alpha value is -1.90. The summed E-state index contributed by atoms with van der Waals surface area (Å²) in [5, 5.41) is 2.93. The minimum absolute atomic E-state index is 0.0380. The lowest BCUT2D eigenvalue weighted by Gasteiger charge is -2.20. The molecule has 4 nitrogen and oxygen atoms in total. The van der Waals surface area contributed by atoms with Crippen molar-refractivity contribution in [2.24, 2.45) is 5.73 Å². The average molecular weight is 288 g/mol. The van der Waals surface area contributed by atoms with E-state index >= 15 is 0 Å². The van der Waals surface area contributed by atoms with E-state index in [0.717, 1.165) is 19.3 Å². The average Bonchev–Trinajstić information content (AvgIpc) is 3.08. The highest BCUT2D eigenvalue weighted by Crippen LogP contribution is 2.34. The molecular formula is C16H17FN2O2. The van der Waals surface area contributed by atoms with Gasteiger partial charge in [-0.1, -0.05) is 11.8 Å². The molecule has 2 saturated heterocycles. The molecule has 2 aliphatic heterocycles. The molecule has 2 fully saturated rings. The number of benzene rings is 1. The predicted molar refractivity (Wildman–Crippen MR) is 76.1 cm³/mol. The molecule has 110 valence electrons. The summed E-state index contributed by atoms with van der Waals surface area (Å²) in [6.45, 7) is 0.173. The first-order chi connectivity index (χ1) is 10.2. The molecule has 3 N–H and O–H groups in total. The Morgan fingerprint density at radius 1 is 1.48 bits per heavy atom. The van der Waals surface area contributed by atoms with E-state index in [0.29, 0.717) is 5.56 Å². The smallest absolute Gasteiger partial charge is 0.251 e. The van der Waals surface area contributed by atoms with Crippen molar-refractivity contribution in [3.63, 3.8) is 0 Å². The maximum absolute atomic E-state index is 13.8. The molecule has 0 aliphatic carbocycles. The van der Waals surface area contributed by atoms with Crippen LogP contribution in [0.25, 0.3) is 0 Å². The molecule has 3 rings (SSSR count). The van der Waals surface area contributed by atoms with Crippen molar-refractivity contribution in [1.82, 2.24) is 5.32 Å². The predicted octanol–water partition coefficient (Wildman–Crippen LogP) is 1.19. The van der Waals surface area contributed by atoms with Gasteiger partial charge in [0.2, 0.25) is 0 Å². The number of nitrogens with two attached hydrogens (primary N) is 1. The van der Waals surface area contributed by atoms with Crippen LogP contribution in [0.3, 0.4) is 0 Å². The third kappa shape index (κ3) is 2.92. The second kappa shape index (κ2) is 5.84. The van der Waals surface area contributed by atoms with E-state index in [2.05, 4.69) is 17.2 Å². The van der Waals surface area contributed by atoms with Gasteiger partial charge in [0, 0.05) is 5.56 Å². The Morgan fingerprint density at radius 2 is 2.33 bits per heavy atom. The lowest BCUT2D eigenvalue weighted by molar-refractivity contribution is 0.0840. The van der Waals surface area contributed by atoms with Gasteiger partial charge in [0.15, 0.2) is 0 Å². The van der Waals surface area contributed by atoms with E-state index in [4.69, 9.17) is 10.5 Å². The van der Waals surface area contributed by atoms with Crippen LogP contribution < -0.4 is 11.1 Å². The molecule has 2 aliphatic rings. The first-order valence-corrected chi connectivity index (χ1v) is 7.12. The van der Waals surface area contributed by atoms with Crippen LogP contribution in [0.4, 0.5) is 4.39 Å². The molecule has 21 heavy (non-hydrogen) atoms. The fourth-order valence-electron chi connectivity index (χ4n) is 2.95. The zero-order chi connectivity index (χ0) is 14.8. The van der Waals surface area contributed by atoms with Crippen molar-refractivity contribution >= 4 is 5.91 Å². The van der Waals surface area contributed by atoms with Gasteiger partial charge in [0.25, 0.3) is 5.91 Å². The summed E-state index contributed by atoms with van der Waals surface area (Å²) >= 11 is 0. The maximum atomic E-state index is 13.8. The minimum atomic E-state index is -0.507. The first-order valence-electron chi connectivity index (χ1n) is 7.12. The highest BCUT2D eigenvalue weighted by Gasteiger charge is 2.41. The summed E-state index contributed by atoms with van der Waals surface area (Å²) in [5.41, 5.74) is 5.80. The van der Waals surface area contributed by atoms with Gasteiger partial charge in [-0.3, -0.25) is 4.79 Å². The molecule has 2 heterocycles. The maximum Gasteiger partial charge on any atom is 0.251 e. The second-order valence-electron chi connectivity index (χ2n) is 5.39. The van der Waals surface area contributed by atoms with Crippen LogP contribution >= 0.6 is 0 Å². The fraction of sp³-hybridized carbons (Fsp3) is 0.438. The van der Waals surface area contributed by atoms with Gasteiger partial charge >= 0.3 is 0 Å². The van der Waals surface area contributed by atoms with Crippen LogP contribution in [0.15, 0.2) is 18.2 Å². The lowest BCUT2D eigenvalue weighted by atomic mass is 9.95. The van der Waals surface area contributed by atoms with Gasteiger partial charge in [-0.15, -0.1) is 0 Å². The van der Waals surface area contributed by atoms with E-state index in [-0.39, 0.29) is 36.3 Å². The zero-order valence-electron chi connectivity index (χ0n) is 11.6. The largest absolute Gasteiger partial charge is 0.373 e. The van der Waals surface area contributed by atoms with Gasteiger partial charge in [0.1, 0.15) is 5.82 Å². The highest BCUT2D eigenvalue weighted by atomic mass is 19.1. The van der Waals surface area contributed by atoms with Crippen molar-refractivity contribution in [2.45, 2.75) is 37.5 Å². The Bertz CT molecular complexity index is 620. The van der Waals surface area contributed by atoms with E-state index in [1.54, 1.807) is 6.07 Å². The van der Waals surface area contributed by atoms with Crippen LogP contribution in [-0.4, -0.2) is 30.7 Å². The number of fused-ring (bicyclic) bond motifs is 2. The molecule has 3 unspecified atom stereocenters. The van der Waals surface area contributed by atoms with Gasteiger partial charge in [-0.05, 0) is 37.5 Å². The molecule has 0 radical (unpaired) electrons. The molecule has 1 aromatic rings. The van der Waals surface area contributed by atoms with Crippen LogP contribution in [0.5, 0.6) is 0 Å². The summed E-state index contributed by atoms with van der Waals surface area (Å²) in [7, 11) is 0. The van der Waals surface area contributed by atoms with Crippen molar-refractivity contribution in [2.75, 3.05) is 6.54 Å². The Kier molecular flexibility index (Phi) is 3.91. The lowest BCUT2D eigenvalue weighted by Crippen LogP contribution is -2.41. The molecule has 3 atom stereocenters. The summed E-state index contributed by atoms with van der Waals surface area (Å²) in [5.74, 6) is 4.45. The van der Waals surface area contributed by atoms with Gasteiger partial charge in [-0.2, -0.15) is 0 Å². The quantitative estimate of drug-likeness (QED) is 0.803. The number of ether oxygens (including phenoxy) is 1. The minimum Gasteiger partial charge on any atom is -0.373 e. The topological polar surface area (TPSA) is 64.4 Å². The third-order valence-electron chi connectivity index (χ3n) is 3.98. The zero-order valence-corrected chi connectivity index (χ0v) is 11.6. The van der Waals surface area contributed by atoms with Crippen LogP contribution in [0.2, 0.25) is 0 Å². The number of rotatable bonds is 2. The van der Waals surface area contributed by atoms with Gasteiger partial charge in [-0.25, -0.2) is 4.39 Å². The number of carbonyl (C=O) groups is 1. The molecule has 0 saturated carbocycles. The highest BCUT2D eigenvalue weighted by molar-refractivity contribution is 5.94. The van der Waals surface area contributed by atoms with Crippen molar-refractivity contribution < 1.29 is 13.9 Å². The summed E-state index contributed by atoms with van der Waals surface area (Å²) in [6.07, 6.45) is 3.28. The third-order valence-corrected chi connectivity index (χ3v) is 3.98. The summed E-state index contributed by atoms with van der Waals surface area (Å²) < 4.78 is 19.5. The fourth-order valence-corrected chi connectivity index (χ4v) is 2.95. The summed E-state index contributed by atoms with van der Waals surface area (Å²) in [4.78, 5) is 12.2. The normalized spacial score (nSPS) is 26.3. The van der Waals surface area contributed by atoms with Crippen molar-refractivity contribution in [3.05, 3.63) is 35.1 Å². The van der Waals surface area contributed by atoms with Crippen LogP contribution in [0, 0.1) is 17.7 Å². The number of hydrogen-bond donors (Lipinski definition) is 2. The second-order valence-corrected chi connectivity index (χ2v) is 5.39. The van der Waals surface area contributed by atoms with Crippen LogP contribution in [-0.2, 0) is 4.74 Å². The van der Waals surface area contributed by atoms with Crippen molar-refractivity contribution in [1.29, 1.82) is 0 Å². The van der Waals surface area contributed by atoms with Gasteiger partial charge in [0.05, 0.1) is 30.4 Å². The molecular weight excluding hydrogens is 271 g/mol. The summed E-state index contributed by atoms with van der Waals surface area (Å²) in [6, 6.07) is 4.33. The molecule has 1 amide bonds. The number of carbonyl (C=O) groups excluding carboxylic acids is 1. The monoisotopic (exact) mass is 288 g/mol. The molecule has 2 bridgehead atoms. The molecule has 0 aromatic heterocycles. The molecule has 0 spiro atoms. The number of hydrogen-bond acceptors (Lipinski definition) is 3. The Balaban J connectivity index is 1.69. The molecule has 1 aromatic carbocycles. The van der Waals surface area contributed by atoms with Crippen LogP contribution in [0.1, 0.15) is 35.2 Å². The Morgan fingerprint density at radius 3 is 2.95 bits per heavy atom. The van der Waals surface area contributed by atoms with E-state index < -0.39 is 5.82 Å². The first kappa shape index (κ1) is 14.1. The van der Waals surface area contributed by atoms with E-state index in [1.165, 1.54) is 12.1 Å². The standard InChI is InChI=1S/C16H17FN2O2/c17-13-8-11(4-3-10(13)2-1-7-18)16(20)19-14-9-12-5-6-15(14)21-12/h3-4,8,12,14-15H,5-7,9,18H2,(H,19,20). The molecule has 5 heteroatoms. The van der Waals surface area contributed by atoms with E-state index in [9.17, 15) is 9.18 Å². The number of halogens is 1. The van der Waals surface area contributed by atoms with Crippen molar-refractivity contribution in [3.8, 4) is 11.8 Å². The van der Waals surface area contributed by atoms with E-state index in [1.807, 2.05) is 0 Å². The van der Waals surface area contributed by atoms with Gasteiger partial charge < -0.3 is 15.8 Å².